The number of rotatable bonds is 3. The predicted octanol–water partition coefficient (Wildman–Crippen LogP) is 2.76. The molecule has 2 rings (SSSR count). The van der Waals surface area contributed by atoms with Crippen molar-refractivity contribution >= 4 is 17.5 Å². The highest BCUT2D eigenvalue weighted by atomic mass is 19.4. The average molecular weight is 386 g/mol. The molecule has 8 heteroatoms. The van der Waals surface area contributed by atoms with E-state index in [1.807, 2.05) is 31.2 Å². The fourth-order valence-corrected chi connectivity index (χ4v) is 3.27. The van der Waals surface area contributed by atoms with Crippen LogP contribution in [0.2, 0.25) is 0 Å². The molecular weight excluding hydrogens is 361 g/mol. The van der Waals surface area contributed by atoms with Crippen molar-refractivity contribution in [1.29, 1.82) is 0 Å². The molecule has 2 amide bonds. The van der Waals surface area contributed by atoms with Crippen LogP contribution in [0.1, 0.15) is 25.8 Å². The molecule has 1 aliphatic rings. The summed E-state index contributed by atoms with van der Waals surface area (Å²) in [4.78, 5) is 27.5. The third-order valence-electron chi connectivity index (χ3n) is 5.23. The molecular formula is C19H25F3N2O3. The molecule has 5 nitrogen and oxygen atoms in total. The molecule has 1 aliphatic heterocycles. The number of alkyl halides is 3. The first-order valence-corrected chi connectivity index (χ1v) is 8.79. The number of nitrogens with zero attached hydrogens (tertiary/aromatic N) is 2. The van der Waals surface area contributed by atoms with Gasteiger partial charge in [-0.05, 0) is 38.3 Å². The van der Waals surface area contributed by atoms with Crippen LogP contribution in [0.3, 0.4) is 0 Å². The first kappa shape index (κ1) is 21.2. The maximum atomic E-state index is 12.9. The highest BCUT2D eigenvalue weighted by Gasteiger charge is 2.57. The van der Waals surface area contributed by atoms with Gasteiger partial charge in [0.1, 0.15) is 0 Å². The van der Waals surface area contributed by atoms with E-state index in [4.69, 9.17) is 0 Å². The van der Waals surface area contributed by atoms with Crippen LogP contribution in [0.4, 0.5) is 18.9 Å². The summed E-state index contributed by atoms with van der Waals surface area (Å²) in [7, 11) is 1.66. The molecule has 0 aliphatic carbocycles. The SMILES string of the molecule is Cc1ccc(N(C)C(=O)C2CCN(C(=O)C(C)(O)C(F)(F)F)CC2C)cc1. The zero-order valence-corrected chi connectivity index (χ0v) is 15.9. The quantitative estimate of drug-likeness (QED) is 0.869. The van der Waals surface area contributed by atoms with Crippen LogP contribution in [0, 0.1) is 18.8 Å². The topological polar surface area (TPSA) is 60.9 Å². The smallest absolute Gasteiger partial charge is 0.373 e. The lowest BCUT2D eigenvalue weighted by Crippen LogP contribution is -2.59. The Balaban J connectivity index is 2.07. The summed E-state index contributed by atoms with van der Waals surface area (Å²) in [5.41, 5.74) is -1.63. The number of hydrogen-bond acceptors (Lipinski definition) is 3. The minimum absolute atomic E-state index is 0.00640. The second-order valence-corrected chi connectivity index (χ2v) is 7.43. The van der Waals surface area contributed by atoms with E-state index >= 15 is 0 Å². The Labute approximate surface area is 156 Å². The van der Waals surface area contributed by atoms with E-state index in [2.05, 4.69) is 0 Å². The zero-order valence-electron chi connectivity index (χ0n) is 15.9. The average Bonchev–Trinajstić information content (AvgIpc) is 2.59. The minimum Gasteiger partial charge on any atom is -0.373 e. The van der Waals surface area contributed by atoms with E-state index in [1.54, 1.807) is 14.0 Å². The molecule has 0 radical (unpaired) electrons. The van der Waals surface area contributed by atoms with Gasteiger partial charge in [0, 0.05) is 31.7 Å². The van der Waals surface area contributed by atoms with Gasteiger partial charge in [0.15, 0.2) is 0 Å². The van der Waals surface area contributed by atoms with Gasteiger partial charge in [0.25, 0.3) is 5.91 Å². The molecule has 1 N–H and O–H groups in total. The van der Waals surface area contributed by atoms with Crippen molar-refractivity contribution in [3.8, 4) is 0 Å². The summed E-state index contributed by atoms with van der Waals surface area (Å²) in [6, 6.07) is 7.44. The summed E-state index contributed by atoms with van der Waals surface area (Å²) in [5.74, 6) is -2.25. The largest absolute Gasteiger partial charge is 0.426 e. The third-order valence-corrected chi connectivity index (χ3v) is 5.23. The number of amides is 2. The lowest BCUT2D eigenvalue weighted by atomic mass is 9.85. The van der Waals surface area contributed by atoms with Crippen LogP contribution < -0.4 is 4.90 Å². The Kier molecular flexibility index (Phi) is 5.89. The molecule has 1 fully saturated rings. The molecule has 0 spiro atoms. The highest BCUT2D eigenvalue weighted by molar-refractivity contribution is 5.95. The van der Waals surface area contributed by atoms with Crippen molar-refractivity contribution < 1.29 is 27.9 Å². The van der Waals surface area contributed by atoms with Gasteiger partial charge >= 0.3 is 6.18 Å². The number of benzene rings is 1. The number of carbonyl (C=O) groups is 2. The van der Waals surface area contributed by atoms with Gasteiger partial charge in [-0.15, -0.1) is 0 Å². The van der Waals surface area contributed by atoms with Gasteiger partial charge < -0.3 is 14.9 Å². The minimum atomic E-state index is -5.05. The Morgan fingerprint density at radius 3 is 2.26 bits per heavy atom. The molecule has 0 saturated carbocycles. The van der Waals surface area contributed by atoms with Gasteiger partial charge in [-0.1, -0.05) is 24.6 Å². The second kappa shape index (κ2) is 7.50. The van der Waals surface area contributed by atoms with Gasteiger partial charge in [0.2, 0.25) is 11.5 Å². The lowest BCUT2D eigenvalue weighted by Gasteiger charge is -2.40. The molecule has 0 bridgehead atoms. The number of hydrogen-bond donors (Lipinski definition) is 1. The molecule has 3 unspecified atom stereocenters. The number of piperidine rings is 1. The van der Waals surface area contributed by atoms with Crippen molar-refractivity contribution in [2.75, 3.05) is 25.0 Å². The van der Waals surface area contributed by atoms with Crippen LogP contribution >= 0.6 is 0 Å². The lowest BCUT2D eigenvalue weighted by molar-refractivity contribution is -0.251. The zero-order chi connectivity index (χ0) is 20.6. The molecule has 1 heterocycles. The fourth-order valence-electron chi connectivity index (χ4n) is 3.27. The van der Waals surface area contributed by atoms with Gasteiger partial charge in [0.05, 0.1) is 0 Å². The van der Waals surface area contributed by atoms with Crippen molar-refractivity contribution in [2.24, 2.45) is 11.8 Å². The Bertz CT molecular complexity index is 701. The van der Waals surface area contributed by atoms with Crippen LogP contribution in [0.5, 0.6) is 0 Å². The van der Waals surface area contributed by atoms with Gasteiger partial charge in [-0.3, -0.25) is 9.59 Å². The van der Waals surface area contributed by atoms with Gasteiger partial charge in [-0.2, -0.15) is 13.2 Å². The Morgan fingerprint density at radius 1 is 1.22 bits per heavy atom. The Hall–Kier alpha value is -2.09. The number of likely N-dealkylation sites (tertiary alicyclic amines) is 1. The molecule has 3 atom stereocenters. The first-order chi connectivity index (χ1) is 12.4. The molecule has 27 heavy (non-hydrogen) atoms. The normalized spacial score (nSPS) is 22.9. The summed E-state index contributed by atoms with van der Waals surface area (Å²) < 4.78 is 38.7. The van der Waals surface area contributed by atoms with Crippen molar-refractivity contribution in [3.63, 3.8) is 0 Å². The maximum Gasteiger partial charge on any atom is 0.426 e. The number of aliphatic hydroxyl groups is 1. The van der Waals surface area contributed by atoms with E-state index < -0.39 is 23.6 Å². The maximum absolute atomic E-state index is 12.9. The summed E-state index contributed by atoms with van der Waals surface area (Å²) in [6.45, 7) is 4.11. The molecule has 0 aromatic heterocycles. The van der Waals surface area contributed by atoms with Crippen LogP contribution in [-0.4, -0.2) is 53.7 Å². The number of carbonyl (C=O) groups excluding carboxylic acids is 2. The summed E-state index contributed by atoms with van der Waals surface area (Å²) >= 11 is 0. The molecule has 1 saturated heterocycles. The van der Waals surface area contributed by atoms with Crippen LogP contribution in [0.15, 0.2) is 24.3 Å². The molecule has 1 aromatic rings. The van der Waals surface area contributed by atoms with Gasteiger partial charge in [-0.25, -0.2) is 0 Å². The first-order valence-electron chi connectivity index (χ1n) is 8.79. The predicted molar refractivity (Wildman–Crippen MR) is 95.1 cm³/mol. The summed E-state index contributed by atoms with van der Waals surface area (Å²) in [6.07, 6.45) is -4.80. The van der Waals surface area contributed by atoms with Crippen LogP contribution in [-0.2, 0) is 9.59 Å². The summed E-state index contributed by atoms with van der Waals surface area (Å²) in [5, 5.41) is 9.60. The van der Waals surface area contributed by atoms with Crippen molar-refractivity contribution in [1.82, 2.24) is 4.90 Å². The van der Waals surface area contributed by atoms with Crippen molar-refractivity contribution in [2.45, 2.75) is 39.0 Å². The van der Waals surface area contributed by atoms with E-state index in [0.717, 1.165) is 16.2 Å². The molecule has 1 aromatic carbocycles. The van der Waals surface area contributed by atoms with E-state index in [0.29, 0.717) is 6.92 Å². The number of aryl methyl sites for hydroxylation is 1. The van der Waals surface area contributed by atoms with Crippen molar-refractivity contribution in [3.05, 3.63) is 29.8 Å². The highest BCUT2D eigenvalue weighted by Crippen LogP contribution is 2.34. The standard InChI is InChI=1S/C19H25F3N2O3/c1-12-5-7-14(8-6-12)23(4)16(25)15-9-10-24(11-13(15)2)17(26)18(3,27)19(20,21)22/h5-8,13,15,27H,9-11H2,1-4H3. The van der Waals surface area contributed by atoms with E-state index in [1.165, 1.54) is 4.90 Å². The molecule has 150 valence electrons. The van der Waals surface area contributed by atoms with E-state index in [9.17, 15) is 27.9 Å². The number of halogens is 3. The van der Waals surface area contributed by atoms with E-state index in [-0.39, 0.29) is 31.3 Å². The number of anilines is 1. The fraction of sp³-hybridized carbons (Fsp3) is 0.579. The second-order valence-electron chi connectivity index (χ2n) is 7.43. The Morgan fingerprint density at radius 2 is 1.78 bits per heavy atom. The van der Waals surface area contributed by atoms with Crippen LogP contribution in [0.25, 0.3) is 0 Å². The third kappa shape index (κ3) is 4.26. The monoisotopic (exact) mass is 386 g/mol.